The molecule has 0 spiro atoms. The van der Waals surface area contributed by atoms with Crippen LogP contribution in [0.4, 0.5) is 16.2 Å². The Morgan fingerprint density at radius 3 is 2.56 bits per heavy atom. The topological polar surface area (TPSA) is 113 Å². The first kappa shape index (κ1) is 32.2. The van der Waals surface area contributed by atoms with Gasteiger partial charge in [-0.15, -0.1) is 0 Å². The minimum Gasteiger partial charge on any atom is -0.490 e. The number of rotatable bonds is 6. The lowest BCUT2D eigenvalue weighted by molar-refractivity contribution is -0.0115. The van der Waals surface area contributed by atoms with Crippen LogP contribution in [-0.2, 0) is 4.74 Å². The first-order valence-corrected chi connectivity index (χ1v) is 15.0. The highest BCUT2D eigenvalue weighted by atomic mass is 16.7. The molecule has 43 heavy (non-hydrogen) atoms. The van der Waals surface area contributed by atoms with E-state index in [1.54, 1.807) is 35.0 Å². The van der Waals surface area contributed by atoms with Gasteiger partial charge in [0.05, 0.1) is 30.4 Å². The first-order valence-electron chi connectivity index (χ1n) is 15.0. The largest absolute Gasteiger partial charge is 0.490 e. The Morgan fingerprint density at radius 2 is 1.81 bits per heavy atom. The molecule has 0 unspecified atom stereocenters. The Kier molecular flexibility index (Phi) is 11.0. The van der Waals surface area contributed by atoms with Gasteiger partial charge in [0.25, 0.3) is 5.91 Å². The summed E-state index contributed by atoms with van der Waals surface area (Å²) in [7, 11) is 5.58. The highest BCUT2D eigenvalue weighted by Gasteiger charge is 2.31. The first-order chi connectivity index (χ1) is 20.6. The maximum atomic E-state index is 14.1. The summed E-state index contributed by atoms with van der Waals surface area (Å²) in [6.07, 6.45) is 2.10. The molecule has 2 aliphatic heterocycles. The molecule has 11 heteroatoms. The average molecular weight is 599 g/mol. The molecule has 0 saturated carbocycles. The van der Waals surface area contributed by atoms with E-state index in [2.05, 4.69) is 5.32 Å². The summed E-state index contributed by atoms with van der Waals surface area (Å²) < 4.78 is 23.4. The van der Waals surface area contributed by atoms with Crippen molar-refractivity contribution < 1.29 is 33.6 Å². The number of carbonyl (C=O) groups excluding carboxylic acids is 2. The van der Waals surface area contributed by atoms with E-state index in [-0.39, 0.29) is 43.5 Å². The van der Waals surface area contributed by atoms with Crippen LogP contribution in [0.3, 0.4) is 0 Å². The molecule has 3 amide bonds. The second-order valence-corrected chi connectivity index (χ2v) is 11.8. The van der Waals surface area contributed by atoms with E-state index in [9.17, 15) is 14.7 Å². The monoisotopic (exact) mass is 598 g/mol. The summed E-state index contributed by atoms with van der Waals surface area (Å²) in [4.78, 5) is 32.5. The summed E-state index contributed by atoms with van der Waals surface area (Å²) in [5, 5.41) is 13.0. The number of ether oxygens (including phenoxy) is 4. The summed E-state index contributed by atoms with van der Waals surface area (Å²) in [6, 6.07) is 10.2. The summed E-state index contributed by atoms with van der Waals surface area (Å²) in [5.41, 5.74) is 1.94. The zero-order chi connectivity index (χ0) is 31.1. The van der Waals surface area contributed by atoms with Crippen molar-refractivity contribution in [2.45, 2.75) is 58.3 Å². The van der Waals surface area contributed by atoms with E-state index in [0.717, 1.165) is 24.9 Å². The number of fused-ring (bicyclic) bond motifs is 2. The van der Waals surface area contributed by atoms with Crippen LogP contribution in [0.15, 0.2) is 36.4 Å². The molecule has 4 rings (SSSR count). The van der Waals surface area contributed by atoms with Crippen LogP contribution in [0.1, 0.15) is 50.4 Å². The molecule has 236 valence electrons. The maximum Gasteiger partial charge on any atom is 0.321 e. The van der Waals surface area contributed by atoms with E-state index < -0.39 is 6.04 Å². The quantitative estimate of drug-likeness (QED) is 0.502. The van der Waals surface area contributed by atoms with Crippen LogP contribution in [0, 0.1) is 5.92 Å². The zero-order valence-electron chi connectivity index (χ0n) is 26.2. The Bertz CT molecular complexity index is 1260. The summed E-state index contributed by atoms with van der Waals surface area (Å²) >= 11 is 0. The van der Waals surface area contributed by atoms with E-state index >= 15 is 0 Å². The highest BCUT2D eigenvalue weighted by molar-refractivity contribution is 5.98. The van der Waals surface area contributed by atoms with Crippen molar-refractivity contribution in [1.29, 1.82) is 0 Å². The number of benzene rings is 2. The molecule has 0 fully saturated rings. The number of anilines is 2. The minimum atomic E-state index is -0.441. The third-order valence-electron chi connectivity index (χ3n) is 7.98. The fourth-order valence-corrected chi connectivity index (χ4v) is 5.20. The van der Waals surface area contributed by atoms with Crippen LogP contribution in [-0.4, -0.2) is 99.3 Å². The lowest BCUT2D eigenvalue weighted by Gasteiger charge is -2.36. The number of nitrogens with zero attached hydrogens (tertiary/aromatic N) is 3. The van der Waals surface area contributed by atoms with Gasteiger partial charge in [0.15, 0.2) is 11.5 Å². The van der Waals surface area contributed by atoms with Crippen LogP contribution in [0.2, 0.25) is 0 Å². The van der Waals surface area contributed by atoms with Crippen molar-refractivity contribution >= 4 is 23.3 Å². The summed E-state index contributed by atoms with van der Waals surface area (Å²) in [5.74, 6) is 1.40. The molecular weight excluding hydrogens is 552 g/mol. The summed E-state index contributed by atoms with van der Waals surface area (Å²) in [6.45, 7) is 6.97. The Hall–Kier alpha value is -3.70. The van der Waals surface area contributed by atoms with Gasteiger partial charge in [-0.05, 0) is 63.4 Å². The third kappa shape index (κ3) is 8.23. The molecule has 0 radical (unpaired) electrons. The average Bonchev–Trinajstić information content (AvgIpc) is 3.45. The zero-order valence-corrected chi connectivity index (χ0v) is 26.2. The molecule has 11 nitrogen and oxygen atoms in total. The van der Waals surface area contributed by atoms with Gasteiger partial charge in [0, 0.05) is 64.2 Å². The molecule has 0 aliphatic carbocycles. The standard InChI is InChI=1S/C32H46N4O7/c1-21-17-36(22(2)19-37)31(38)26-16-25(34(4)5)11-13-27(26)43-23(3)9-7-8-14-40-30(21)18-35(6)32(39)33-24-10-12-28-29(15-24)42-20-41-28/h10-13,15-16,21-23,30,37H,7-9,14,17-20H2,1-6H3,(H,33,39)/t21-,22-,23+,30+/m1/s1. The lowest BCUT2D eigenvalue weighted by Crippen LogP contribution is -2.48. The van der Waals surface area contributed by atoms with Crippen molar-refractivity contribution in [1.82, 2.24) is 9.80 Å². The predicted molar refractivity (Wildman–Crippen MR) is 165 cm³/mol. The number of aliphatic hydroxyl groups is 1. The van der Waals surface area contributed by atoms with Crippen LogP contribution >= 0.6 is 0 Å². The number of urea groups is 1. The second-order valence-electron chi connectivity index (χ2n) is 11.8. The molecule has 4 atom stereocenters. The van der Waals surface area contributed by atoms with Gasteiger partial charge < -0.3 is 44.1 Å². The lowest BCUT2D eigenvalue weighted by atomic mass is 10.0. The van der Waals surface area contributed by atoms with Crippen LogP contribution in [0.25, 0.3) is 0 Å². The molecule has 2 aromatic carbocycles. The van der Waals surface area contributed by atoms with Gasteiger partial charge in [0.1, 0.15) is 5.75 Å². The Morgan fingerprint density at radius 1 is 1.07 bits per heavy atom. The molecule has 2 aromatic rings. The normalized spacial score (nSPS) is 21.7. The Balaban J connectivity index is 1.55. The molecular formula is C32H46N4O7. The van der Waals surface area contributed by atoms with E-state index in [4.69, 9.17) is 18.9 Å². The van der Waals surface area contributed by atoms with Crippen molar-refractivity contribution in [2.24, 2.45) is 5.92 Å². The third-order valence-corrected chi connectivity index (χ3v) is 7.98. The number of amides is 3. The predicted octanol–water partition coefficient (Wildman–Crippen LogP) is 4.44. The number of hydrogen-bond donors (Lipinski definition) is 2. The van der Waals surface area contributed by atoms with E-state index in [0.29, 0.717) is 48.2 Å². The van der Waals surface area contributed by atoms with Gasteiger partial charge >= 0.3 is 6.03 Å². The smallest absolute Gasteiger partial charge is 0.321 e. The van der Waals surface area contributed by atoms with Crippen molar-refractivity contribution in [3.05, 3.63) is 42.0 Å². The van der Waals surface area contributed by atoms with E-state index in [1.165, 1.54) is 0 Å². The molecule has 2 heterocycles. The van der Waals surface area contributed by atoms with Gasteiger partial charge in [-0.3, -0.25) is 4.79 Å². The van der Waals surface area contributed by atoms with Crippen LogP contribution < -0.4 is 24.4 Å². The molecule has 2 N–H and O–H groups in total. The molecule has 0 saturated heterocycles. The molecule has 0 bridgehead atoms. The van der Waals surface area contributed by atoms with Crippen LogP contribution in [0.5, 0.6) is 17.2 Å². The second kappa shape index (κ2) is 14.7. The fourth-order valence-electron chi connectivity index (χ4n) is 5.20. The van der Waals surface area contributed by atoms with Gasteiger partial charge in [-0.2, -0.15) is 0 Å². The number of aliphatic hydroxyl groups excluding tert-OH is 1. The van der Waals surface area contributed by atoms with Gasteiger partial charge in [-0.1, -0.05) is 6.92 Å². The van der Waals surface area contributed by atoms with Gasteiger partial charge in [-0.25, -0.2) is 4.79 Å². The number of carbonyl (C=O) groups is 2. The molecule has 0 aromatic heterocycles. The van der Waals surface area contributed by atoms with Crippen molar-refractivity contribution in [3.63, 3.8) is 0 Å². The number of nitrogens with one attached hydrogen (secondary N) is 1. The number of likely N-dealkylation sites (N-methyl/N-ethyl adjacent to an activating group) is 1. The van der Waals surface area contributed by atoms with Crippen molar-refractivity contribution in [2.75, 3.05) is 64.5 Å². The highest BCUT2D eigenvalue weighted by Crippen LogP contribution is 2.34. The minimum absolute atomic E-state index is 0.0934. The molecule has 2 aliphatic rings. The fraction of sp³-hybridized carbons (Fsp3) is 0.562. The van der Waals surface area contributed by atoms with E-state index in [1.807, 2.05) is 58.0 Å². The van der Waals surface area contributed by atoms with Gasteiger partial charge in [0.2, 0.25) is 6.79 Å². The maximum absolute atomic E-state index is 14.1. The Labute approximate surface area is 254 Å². The van der Waals surface area contributed by atoms with Crippen molar-refractivity contribution in [3.8, 4) is 17.2 Å². The SMILES string of the molecule is C[C@@H]1CN([C@H](C)CO)C(=O)c2cc(N(C)C)ccc2O[C@@H](C)CCCCO[C@H]1CN(C)C(=O)Nc1ccc2c(c1)OCO2. The number of hydrogen-bond acceptors (Lipinski definition) is 8.